The summed E-state index contributed by atoms with van der Waals surface area (Å²) in [5.74, 6) is 1.37. The minimum Gasteiger partial charge on any atom is -0.493 e. The number of nitrogens with two attached hydrogens (primary N) is 1. The van der Waals surface area contributed by atoms with E-state index in [1.807, 2.05) is 30.3 Å². The second-order valence-electron chi connectivity index (χ2n) is 4.02. The molecule has 5 heteroatoms. The Morgan fingerprint density at radius 3 is 2.37 bits per heavy atom. The Morgan fingerprint density at radius 1 is 1.00 bits per heavy atom. The van der Waals surface area contributed by atoms with Crippen LogP contribution in [0.1, 0.15) is 5.69 Å². The van der Waals surface area contributed by atoms with Crippen molar-refractivity contribution in [2.24, 2.45) is 5.73 Å². The van der Waals surface area contributed by atoms with Gasteiger partial charge in [0.1, 0.15) is 0 Å². The number of rotatable bonds is 5. The zero-order valence-corrected chi connectivity index (χ0v) is 11.1. The number of benzene rings is 1. The summed E-state index contributed by atoms with van der Waals surface area (Å²) in [6, 6.07) is 9.52. The average Bonchev–Trinajstić information content (AvgIpc) is 2.47. The molecule has 1 aromatic heterocycles. The van der Waals surface area contributed by atoms with Crippen molar-refractivity contribution in [1.82, 2.24) is 10.2 Å². The van der Waals surface area contributed by atoms with Gasteiger partial charge in [-0.3, -0.25) is 0 Å². The van der Waals surface area contributed by atoms with Gasteiger partial charge in [0, 0.05) is 12.0 Å². The fraction of sp³-hybridized carbons (Fsp3) is 0.286. The molecule has 0 bridgehead atoms. The van der Waals surface area contributed by atoms with E-state index in [1.165, 1.54) is 0 Å². The van der Waals surface area contributed by atoms with Crippen molar-refractivity contribution in [3.63, 3.8) is 0 Å². The molecule has 2 aromatic rings. The van der Waals surface area contributed by atoms with Gasteiger partial charge >= 0.3 is 0 Å². The molecule has 1 heterocycles. The molecule has 0 saturated carbocycles. The molecule has 0 atom stereocenters. The fourth-order valence-corrected chi connectivity index (χ4v) is 1.79. The first-order valence-corrected chi connectivity index (χ1v) is 6.03. The van der Waals surface area contributed by atoms with E-state index in [0.717, 1.165) is 23.4 Å². The molecule has 0 aliphatic heterocycles. The predicted octanol–water partition coefficient (Wildman–Crippen LogP) is 1.66. The van der Waals surface area contributed by atoms with E-state index in [-0.39, 0.29) is 0 Å². The zero-order chi connectivity index (χ0) is 13.7. The summed E-state index contributed by atoms with van der Waals surface area (Å²) in [5.41, 5.74) is 8.10. The van der Waals surface area contributed by atoms with Crippen LogP contribution in [0.3, 0.4) is 0 Å². The summed E-state index contributed by atoms with van der Waals surface area (Å²) in [4.78, 5) is 0. The highest BCUT2D eigenvalue weighted by Gasteiger charge is 2.07. The Kier molecular flexibility index (Phi) is 4.30. The first-order chi connectivity index (χ1) is 9.28. The molecule has 2 rings (SSSR count). The van der Waals surface area contributed by atoms with Gasteiger partial charge in [0.15, 0.2) is 11.5 Å². The fourth-order valence-electron chi connectivity index (χ4n) is 1.79. The molecular formula is C14H17N3O2. The number of hydrogen-bond donors (Lipinski definition) is 1. The van der Waals surface area contributed by atoms with E-state index >= 15 is 0 Å². The monoisotopic (exact) mass is 259 g/mol. The van der Waals surface area contributed by atoms with Gasteiger partial charge in [-0.05, 0) is 36.9 Å². The van der Waals surface area contributed by atoms with Gasteiger partial charge in [0.05, 0.1) is 25.6 Å². The van der Waals surface area contributed by atoms with Crippen molar-refractivity contribution in [2.75, 3.05) is 20.8 Å². The summed E-state index contributed by atoms with van der Waals surface area (Å²) in [5, 5.41) is 8.34. The molecule has 1 aromatic carbocycles. The van der Waals surface area contributed by atoms with Gasteiger partial charge in [-0.15, -0.1) is 0 Å². The topological polar surface area (TPSA) is 70.3 Å². The molecule has 5 nitrogen and oxygen atoms in total. The van der Waals surface area contributed by atoms with E-state index in [0.29, 0.717) is 18.0 Å². The summed E-state index contributed by atoms with van der Waals surface area (Å²) in [7, 11) is 3.22. The highest BCUT2D eigenvalue weighted by molar-refractivity contribution is 5.63. The first-order valence-electron chi connectivity index (χ1n) is 6.03. The normalized spacial score (nSPS) is 10.3. The van der Waals surface area contributed by atoms with Crippen LogP contribution in [0.2, 0.25) is 0 Å². The Balaban J connectivity index is 2.30. The highest BCUT2D eigenvalue weighted by atomic mass is 16.5. The molecule has 19 heavy (non-hydrogen) atoms. The molecule has 2 N–H and O–H groups in total. The molecule has 0 fully saturated rings. The molecule has 0 aliphatic carbocycles. The van der Waals surface area contributed by atoms with Crippen molar-refractivity contribution in [1.29, 1.82) is 0 Å². The van der Waals surface area contributed by atoms with Gasteiger partial charge < -0.3 is 15.2 Å². The van der Waals surface area contributed by atoms with Crippen LogP contribution in [0.5, 0.6) is 11.5 Å². The van der Waals surface area contributed by atoms with Gasteiger partial charge in [0.2, 0.25) is 0 Å². The lowest BCUT2D eigenvalue weighted by Crippen LogP contribution is -2.05. The number of ether oxygens (including phenoxy) is 2. The molecular weight excluding hydrogens is 242 g/mol. The predicted molar refractivity (Wildman–Crippen MR) is 73.3 cm³/mol. The molecule has 0 radical (unpaired) electrons. The van der Waals surface area contributed by atoms with E-state index in [1.54, 1.807) is 14.2 Å². The number of methoxy groups -OCH3 is 2. The minimum absolute atomic E-state index is 0.574. The molecule has 0 amide bonds. The SMILES string of the molecule is COc1ccc(-c2ccc(CCN)nn2)cc1OC. The van der Waals surface area contributed by atoms with Crippen molar-refractivity contribution in [2.45, 2.75) is 6.42 Å². The number of aromatic nitrogens is 2. The van der Waals surface area contributed by atoms with Crippen LogP contribution in [0, 0.1) is 0 Å². The smallest absolute Gasteiger partial charge is 0.161 e. The maximum absolute atomic E-state index is 5.48. The maximum atomic E-state index is 5.48. The Morgan fingerprint density at radius 2 is 1.79 bits per heavy atom. The lowest BCUT2D eigenvalue weighted by molar-refractivity contribution is 0.355. The van der Waals surface area contributed by atoms with E-state index < -0.39 is 0 Å². The lowest BCUT2D eigenvalue weighted by atomic mass is 10.1. The lowest BCUT2D eigenvalue weighted by Gasteiger charge is -2.09. The second-order valence-corrected chi connectivity index (χ2v) is 4.02. The summed E-state index contributed by atoms with van der Waals surface area (Å²) in [6.45, 7) is 0.574. The third-order valence-electron chi connectivity index (χ3n) is 2.80. The first kappa shape index (κ1) is 13.3. The minimum atomic E-state index is 0.574. The van der Waals surface area contributed by atoms with Crippen LogP contribution >= 0.6 is 0 Å². The standard InChI is InChI=1S/C14H17N3O2/c1-18-13-6-3-10(9-14(13)19-2)12-5-4-11(7-8-15)16-17-12/h3-6,9H,7-8,15H2,1-2H3. The Bertz CT molecular complexity index is 541. The maximum Gasteiger partial charge on any atom is 0.161 e. The number of hydrogen-bond acceptors (Lipinski definition) is 5. The second kappa shape index (κ2) is 6.15. The van der Waals surface area contributed by atoms with Crippen LogP contribution in [0.4, 0.5) is 0 Å². The van der Waals surface area contributed by atoms with E-state index in [2.05, 4.69) is 10.2 Å². The van der Waals surface area contributed by atoms with Crippen molar-refractivity contribution in [3.05, 3.63) is 36.0 Å². The summed E-state index contributed by atoms with van der Waals surface area (Å²) in [6.07, 6.45) is 0.735. The van der Waals surface area contributed by atoms with Crippen molar-refractivity contribution < 1.29 is 9.47 Å². The zero-order valence-electron chi connectivity index (χ0n) is 11.1. The third-order valence-corrected chi connectivity index (χ3v) is 2.80. The van der Waals surface area contributed by atoms with Crippen LogP contribution in [-0.2, 0) is 6.42 Å². The molecule has 0 aliphatic rings. The van der Waals surface area contributed by atoms with Crippen LogP contribution < -0.4 is 15.2 Å². The van der Waals surface area contributed by atoms with Crippen LogP contribution in [0.15, 0.2) is 30.3 Å². The van der Waals surface area contributed by atoms with Gasteiger partial charge in [-0.1, -0.05) is 0 Å². The Labute approximate surface area is 112 Å². The molecule has 100 valence electrons. The number of nitrogens with zero attached hydrogens (tertiary/aromatic N) is 2. The molecule has 0 saturated heterocycles. The largest absolute Gasteiger partial charge is 0.493 e. The quantitative estimate of drug-likeness (QED) is 0.884. The van der Waals surface area contributed by atoms with Crippen LogP contribution in [0.25, 0.3) is 11.3 Å². The molecule has 0 unspecified atom stereocenters. The van der Waals surface area contributed by atoms with E-state index in [9.17, 15) is 0 Å². The van der Waals surface area contributed by atoms with Gasteiger partial charge in [-0.2, -0.15) is 10.2 Å². The van der Waals surface area contributed by atoms with Crippen molar-refractivity contribution in [3.8, 4) is 22.8 Å². The summed E-state index contributed by atoms with van der Waals surface area (Å²) >= 11 is 0. The highest BCUT2D eigenvalue weighted by Crippen LogP contribution is 2.31. The van der Waals surface area contributed by atoms with Crippen LogP contribution in [-0.4, -0.2) is 31.0 Å². The Hall–Kier alpha value is -2.14. The summed E-state index contributed by atoms with van der Waals surface area (Å²) < 4.78 is 10.5. The molecule has 0 spiro atoms. The average molecular weight is 259 g/mol. The van der Waals surface area contributed by atoms with Crippen molar-refractivity contribution >= 4 is 0 Å². The van der Waals surface area contributed by atoms with E-state index in [4.69, 9.17) is 15.2 Å². The third kappa shape index (κ3) is 3.00. The van der Waals surface area contributed by atoms with Gasteiger partial charge in [0.25, 0.3) is 0 Å². The van der Waals surface area contributed by atoms with Gasteiger partial charge in [-0.25, -0.2) is 0 Å².